The number of nitro benzene ring substituents is 1. The number of sulfone groups is 1. The summed E-state index contributed by atoms with van der Waals surface area (Å²) in [5.74, 6) is -0.633. The highest BCUT2D eigenvalue weighted by Crippen LogP contribution is 2.59. The number of anilines is 6. The van der Waals surface area contributed by atoms with Gasteiger partial charge in [0.1, 0.15) is 0 Å². The molecular formula is C109H122Cl2F3N11O13P2S3. The highest BCUT2D eigenvalue weighted by atomic mass is 35.5. The largest absolute Gasteiger partial charge is 0.501 e. The molecule has 2 unspecified atom stereocenters. The number of likely N-dealkylation sites (tertiary alicyclic amines) is 1. The molecule has 5 aliphatic heterocycles. The number of piperidine rings is 1. The molecule has 2 aromatic heterocycles. The molecule has 34 heteroatoms. The summed E-state index contributed by atoms with van der Waals surface area (Å²) in [5.41, 5.74) is 8.47. The zero-order chi connectivity index (χ0) is 102. The van der Waals surface area contributed by atoms with Crippen molar-refractivity contribution >= 4 is 134 Å². The van der Waals surface area contributed by atoms with Gasteiger partial charge in [0, 0.05) is 177 Å². The van der Waals surface area contributed by atoms with Crippen molar-refractivity contribution in [3.63, 3.8) is 0 Å². The van der Waals surface area contributed by atoms with Gasteiger partial charge in [-0.3, -0.25) is 28.6 Å². The molecule has 17 rings (SSSR count). The van der Waals surface area contributed by atoms with Gasteiger partial charge in [-0.05, 0) is 293 Å². The first-order valence-corrected chi connectivity index (χ1v) is 55.9. The van der Waals surface area contributed by atoms with E-state index in [1.165, 1.54) is 27.8 Å². The van der Waals surface area contributed by atoms with Crippen LogP contribution in [0.25, 0.3) is 44.8 Å². The number of piperazine rings is 2. The fourth-order valence-electron chi connectivity index (χ4n) is 20.4. The number of benzene rings is 10. The molecule has 754 valence electrons. The molecule has 0 spiro atoms. The second-order valence-electron chi connectivity index (χ2n) is 38.1. The minimum atomic E-state index is -5.87. The van der Waals surface area contributed by atoms with Crippen LogP contribution in [0.2, 0.25) is 10.0 Å². The maximum atomic E-state index is 15.0. The number of aromatic carboxylic acids is 2. The number of halogens is 5. The molecule has 0 radical (unpaired) electrons. The quantitative estimate of drug-likeness (QED) is 0.0146. The van der Waals surface area contributed by atoms with Crippen molar-refractivity contribution in [2.45, 2.75) is 131 Å². The van der Waals surface area contributed by atoms with Crippen molar-refractivity contribution in [3.05, 3.63) is 296 Å². The second-order valence-corrected chi connectivity index (χ2v) is 47.7. The number of hydrogen-bond acceptors (Lipinski definition) is 19. The first-order valence-electron chi connectivity index (χ1n) is 48.5. The molecule has 7 heterocycles. The average Bonchev–Trinajstić information content (AvgIpc) is 1.66. The normalized spacial score (nSPS) is 18.2. The monoisotopic (exact) mass is 2080 g/mol. The van der Waals surface area contributed by atoms with Crippen LogP contribution in [0.5, 0.6) is 0 Å². The lowest BCUT2D eigenvalue weighted by Crippen LogP contribution is -2.46. The number of carbonyl (C=O) groups is 2. The highest BCUT2D eigenvalue weighted by molar-refractivity contribution is 7.99. The molecule has 12 aromatic rings. The topological polar surface area (TPSA) is 260 Å². The summed E-state index contributed by atoms with van der Waals surface area (Å²) in [6.45, 7) is 22.9. The van der Waals surface area contributed by atoms with Gasteiger partial charge in [-0.25, -0.2) is 18.0 Å². The Hall–Kier alpha value is -10.8. The van der Waals surface area contributed by atoms with E-state index in [1.54, 1.807) is 52.5 Å². The van der Waals surface area contributed by atoms with Crippen molar-refractivity contribution in [1.29, 1.82) is 0 Å². The fourth-order valence-corrected chi connectivity index (χ4v) is 28.6. The smallest absolute Gasteiger partial charge is 0.478 e. The summed E-state index contributed by atoms with van der Waals surface area (Å²) in [5, 5.41) is 45.2. The van der Waals surface area contributed by atoms with E-state index in [0.29, 0.717) is 138 Å². The minimum Gasteiger partial charge on any atom is -0.478 e. The van der Waals surface area contributed by atoms with Gasteiger partial charge in [0.25, 0.3) is 15.5 Å². The summed E-state index contributed by atoms with van der Waals surface area (Å²) in [7, 11) is -9.60. The summed E-state index contributed by atoms with van der Waals surface area (Å²) < 4.78 is 120. The van der Waals surface area contributed by atoms with Gasteiger partial charge in [0.15, 0.2) is 0 Å². The summed E-state index contributed by atoms with van der Waals surface area (Å²) in [6, 6.07) is 75.2. The van der Waals surface area contributed by atoms with Crippen molar-refractivity contribution in [2.24, 2.45) is 11.8 Å². The highest BCUT2D eigenvalue weighted by Gasteiger charge is 2.50. The Morgan fingerprint density at radius 2 is 0.951 bits per heavy atom. The Morgan fingerprint density at radius 3 is 1.39 bits per heavy atom. The molecule has 143 heavy (non-hydrogen) atoms. The molecule has 0 amide bonds. The number of carboxylic acid groups (broad SMARTS) is 2. The van der Waals surface area contributed by atoms with Crippen molar-refractivity contribution < 1.29 is 69.6 Å². The van der Waals surface area contributed by atoms with Crippen LogP contribution in [-0.2, 0) is 40.9 Å². The Morgan fingerprint density at radius 1 is 0.524 bits per heavy atom. The van der Waals surface area contributed by atoms with E-state index in [1.807, 2.05) is 213 Å². The van der Waals surface area contributed by atoms with Gasteiger partial charge in [-0.2, -0.15) is 13.2 Å². The van der Waals surface area contributed by atoms with Crippen molar-refractivity contribution in [3.8, 4) is 44.8 Å². The molecule has 5 saturated heterocycles. The Balaban J connectivity index is 0.000000206. The van der Waals surface area contributed by atoms with E-state index in [4.69, 9.17) is 32.2 Å². The third-order valence-corrected chi connectivity index (χ3v) is 37.3. The number of hydrogen-bond donors (Lipinski definition) is 3. The molecular weight excluding hydrogens is 1960 g/mol. The molecule has 5 fully saturated rings. The third-order valence-electron chi connectivity index (χ3n) is 27.6. The van der Waals surface area contributed by atoms with E-state index in [0.717, 1.165) is 118 Å². The SMILES string of the molecule is Cc1c(C(=O)O)c(-c2cccc(N3CCN(c4ccc(N5CCOP5(=O)c5ccc(C[C@H](CCN6CCC(O)CC6)CSc6ccccc6)c(S(=O)(=O)C(F)(F)F)c5)cc4)CC3)c2)c(-c2ccc(Cl)cc2)n1C(C)C.Cc1c(C(=O)O)c(-c2cccc(N3CCN(c4ccc(N5C[C@H](C)OP5(=O)c5ccc(C[C@H](CCN(C)C)CSc6ccccc6)c([N+](=O)[O-])c5)cc4)CC3)c2)c(-c2ccc(Cl)cc2)n1C(C)C. The number of aliphatic hydroxyl groups is 1. The van der Waals surface area contributed by atoms with Gasteiger partial charge in [0.05, 0.1) is 74.8 Å². The lowest BCUT2D eigenvalue weighted by atomic mass is 9.96. The van der Waals surface area contributed by atoms with Crippen molar-refractivity contribution in [2.75, 3.05) is 153 Å². The predicted molar refractivity (Wildman–Crippen MR) is 573 cm³/mol. The van der Waals surface area contributed by atoms with Gasteiger partial charge in [-0.15, -0.1) is 23.5 Å². The van der Waals surface area contributed by atoms with Gasteiger partial charge in [-0.1, -0.05) is 120 Å². The second kappa shape index (κ2) is 45.4. The van der Waals surface area contributed by atoms with Gasteiger partial charge < -0.3 is 62.9 Å². The van der Waals surface area contributed by atoms with Crippen LogP contribution in [0, 0.1) is 35.8 Å². The summed E-state index contributed by atoms with van der Waals surface area (Å²) in [4.78, 5) is 52.9. The maximum absolute atomic E-state index is 15.0. The molecule has 5 aliphatic rings. The van der Waals surface area contributed by atoms with E-state index in [-0.39, 0.29) is 82.7 Å². The van der Waals surface area contributed by atoms with Crippen LogP contribution in [-0.4, -0.2) is 201 Å². The summed E-state index contributed by atoms with van der Waals surface area (Å²) in [6.07, 6.45) is 2.63. The Bertz CT molecular complexity index is 6750. The number of thioether (sulfide) groups is 2. The van der Waals surface area contributed by atoms with Crippen LogP contribution in [0.15, 0.2) is 257 Å². The molecule has 10 aromatic carbocycles. The number of rotatable bonds is 34. The number of alkyl halides is 3. The predicted octanol–water partition coefficient (Wildman–Crippen LogP) is 23.8. The van der Waals surface area contributed by atoms with Crippen LogP contribution in [0.1, 0.15) is 116 Å². The lowest BCUT2D eigenvalue weighted by Gasteiger charge is -2.37. The molecule has 0 saturated carbocycles. The van der Waals surface area contributed by atoms with E-state index >= 15 is 0 Å². The van der Waals surface area contributed by atoms with E-state index in [2.05, 4.69) is 82.7 Å². The number of nitrogens with zero attached hydrogens (tertiary/aromatic N) is 11. The summed E-state index contributed by atoms with van der Waals surface area (Å²) >= 11 is 15.9. The molecule has 0 aliphatic carbocycles. The average molecular weight is 2080 g/mol. The van der Waals surface area contributed by atoms with Crippen LogP contribution in [0.4, 0.5) is 53.0 Å². The molecule has 24 nitrogen and oxygen atoms in total. The maximum Gasteiger partial charge on any atom is 0.501 e. The molecule has 0 bridgehead atoms. The van der Waals surface area contributed by atoms with E-state index in [9.17, 15) is 65.7 Å². The van der Waals surface area contributed by atoms with Crippen molar-refractivity contribution in [1.82, 2.24) is 18.9 Å². The van der Waals surface area contributed by atoms with E-state index < -0.39 is 47.2 Å². The Labute approximate surface area is 853 Å². The molecule has 5 atom stereocenters. The number of carboxylic acids is 2. The lowest BCUT2D eigenvalue weighted by molar-refractivity contribution is -0.385. The van der Waals surface area contributed by atoms with Gasteiger partial charge >= 0.3 is 32.5 Å². The number of aromatic nitrogens is 2. The number of nitro groups is 1. The van der Waals surface area contributed by atoms with Crippen LogP contribution < -0.4 is 39.5 Å². The number of aliphatic hydroxyl groups excluding tert-OH is 1. The zero-order valence-electron chi connectivity index (χ0n) is 81.7. The van der Waals surface area contributed by atoms with Crippen LogP contribution in [0.3, 0.4) is 0 Å². The molecule has 3 N–H and O–H groups in total. The fraction of sp³-hybridized carbons (Fsp3) is 0.358. The standard InChI is InChI=1S/C56H62ClF3N5O7PS2.C53H60ClN6O6PS/c1-38(2)65-39(3)52(55(67)68)53(54(65)41-12-15-44(57)16-13-41)43-8-7-9-47(35-43)63-30-28-62(29-31-63)45-17-19-46(20-18-45)64-32-33-72-73(64,69)49-21-14-42(51(36-49)75(70,71)56(58,59)60)34-40(37-74-50-10-5-4-6-11-50)22-25-61-26-23-48(66)24-27-61;1-36(2)59-38(4)50(53(61)62)51(52(59)40-15-18-43(54)19-16-40)42-11-10-12-46(32-42)57-29-27-56(28-30-57)44-20-22-45(23-21-44)58-34-37(3)66-67(58,65)47-24-17-41(49(33-47)60(63)64)31-39(25-26-55(5)6)35-68-48-13-8-7-9-14-48/h4-21,35-36,38,40,48,66H,22-34,37H2,1-3H3,(H,67,68);7-24,32-33,36-37,39H,25-31,34-35H2,1-6H3,(H,61,62)/t40-,73?;37-,39-,67?/m00/s1. The minimum absolute atomic E-state index is 0.00495. The third kappa shape index (κ3) is 23.7. The first kappa shape index (κ1) is 105. The van der Waals surface area contributed by atoms with Gasteiger partial charge in [0.2, 0.25) is 0 Å². The first-order chi connectivity index (χ1) is 68.4. The Kier molecular flexibility index (Phi) is 33.4. The zero-order valence-corrected chi connectivity index (χ0v) is 87.4. The van der Waals surface area contributed by atoms with Crippen LogP contribution >= 0.6 is 61.8 Å².